The van der Waals surface area contributed by atoms with Crippen molar-refractivity contribution in [3.8, 4) is 46.0 Å². The monoisotopic (exact) mass is 704 g/mol. The number of halogens is 3. The summed E-state index contributed by atoms with van der Waals surface area (Å²) in [7, 11) is 0. The molecule has 5 rings (SSSR count). The van der Waals surface area contributed by atoms with E-state index in [1.54, 1.807) is 56.1 Å². The molecule has 0 unspecified atom stereocenters. The van der Waals surface area contributed by atoms with Gasteiger partial charge in [-0.05, 0) is 71.1 Å². The number of likely N-dealkylation sites (tertiary alicyclic amines) is 1. The molecule has 13 heteroatoms. The molecule has 1 fully saturated rings. The first-order valence-electron chi connectivity index (χ1n) is 16.7. The minimum atomic E-state index is -4.72. The number of aromatic nitrogens is 4. The molecular formula is C38H43F3N6O4. The number of nitrogens with zero attached hydrogens (tertiary/aromatic N) is 4. The molecule has 2 aromatic carbocycles. The van der Waals surface area contributed by atoms with Gasteiger partial charge in [-0.3, -0.25) is 9.80 Å². The van der Waals surface area contributed by atoms with Crippen LogP contribution in [0, 0.1) is 12.3 Å². The fraction of sp³-hybridized carbons (Fsp3) is 0.421. The molecule has 1 aliphatic rings. The summed E-state index contributed by atoms with van der Waals surface area (Å²) in [4.78, 5) is 43.1. The molecule has 0 radical (unpaired) electrons. The highest BCUT2D eigenvalue weighted by Gasteiger charge is 2.38. The van der Waals surface area contributed by atoms with E-state index in [4.69, 9.17) is 15.9 Å². The molecule has 1 atom stereocenters. The third kappa shape index (κ3) is 9.31. The van der Waals surface area contributed by atoms with Crippen LogP contribution in [-0.2, 0) is 22.2 Å². The van der Waals surface area contributed by atoms with Gasteiger partial charge in [-0.15, -0.1) is 12.3 Å². The van der Waals surface area contributed by atoms with Gasteiger partial charge in [0.15, 0.2) is 0 Å². The quantitative estimate of drug-likeness (QED) is 0.177. The van der Waals surface area contributed by atoms with Gasteiger partial charge in [0.25, 0.3) is 0 Å². The van der Waals surface area contributed by atoms with Crippen LogP contribution in [0.5, 0.6) is 0 Å². The number of rotatable bonds is 8. The van der Waals surface area contributed by atoms with Gasteiger partial charge in [0.1, 0.15) is 34.2 Å². The van der Waals surface area contributed by atoms with E-state index < -0.39 is 29.2 Å². The number of carbonyl (C=O) groups is 2. The average molecular weight is 705 g/mol. The number of nitrogens with one attached hydrogen (secondary N) is 2. The van der Waals surface area contributed by atoms with Crippen molar-refractivity contribution in [2.24, 2.45) is 0 Å². The summed E-state index contributed by atoms with van der Waals surface area (Å²) in [5.41, 5.74) is 0.911. The maximum absolute atomic E-state index is 14.2. The Bertz CT molecular complexity index is 1880. The Morgan fingerprint density at radius 3 is 2.08 bits per heavy atom. The zero-order chi connectivity index (χ0) is 37.1. The van der Waals surface area contributed by atoms with E-state index in [1.165, 1.54) is 4.90 Å². The third-order valence-corrected chi connectivity index (χ3v) is 8.03. The van der Waals surface area contributed by atoms with Gasteiger partial charge in [0.2, 0.25) is 0 Å². The minimum Gasteiger partial charge on any atom is -0.444 e. The van der Waals surface area contributed by atoms with Crippen LogP contribution in [0.4, 0.5) is 22.8 Å². The maximum atomic E-state index is 14.2. The number of aromatic amines is 2. The van der Waals surface area contributed by atoms with Crippen LogP contribution in [0.25, 0.3) is 33.6 Å². The molecule has 2 aromatic heterocycles. The Kier molecular flexibility index (Phi) is 10.6. The largest absolute Gasteiger partial charge is 0.444 e. The van der Waals surface area contributed by atoms with Crippen molar-refractivity contribution < 1.29 is 32.2 Å². The van der Waals surface area contributed by atoms with Crippen LogP contribution in [0.1, 0.15) is 84.2 Å². The number of terminal acetylenes is 1. The molecule has 4 aromatic rings. The predicted octanol–water partition coefficient (Wildman–Crippen LogP) is 8.98. The SMILES string of the molecule is C#CCCN(Cc1nc(-c2ccc(-c3ccc(-c4cnc([C@@H]5CCCN5C(=O)OC(C)(C)C)[nH]4)cc3)cc2)c(C(F)(F)F)[nH]1)C(=O)OC(C)(C)C. The van der Waals surface area contributed by atoms with Crippen molar-refractivity contribution in [3.63, 3.8) is 0 Å². The normalized spacial score (nSPS) is 15.1. The summed E-state index contributed by atoms with van der Waals surface area (Å²) in [5.74, 6) is 3.08. The lowest BCUT2D eigenvalue weighted by molar-refractivity contribution is -0.140. The first kappa shape index (κ1) is 37.0. The highest BCUT2D eigenvalue weighted by molar-refractivity contribution is 5.73. The van der Waals surface area contributed by atoms with Gasteiger partial charge >= 0.3 is 18.4 Å². The van der Waals surface area contributed by atoms with Crippen molar-refractivity contribution in [2.45, 2.75) is 90.8 Å². The van der Waals surface area contributed by atoms with Gasteiger partial charge in [-0.1, -0.05) is 48.5 Å². The molecule has 3 heterocycles. The molecule has 1 saturated heterocycles. The lowest BCUT2D eigenvalue weighted by Crippen LogP contribution is -2.37. The molecule has 0 bridgehead atoms. The number of hydrogen-bond donors (Lipinski definition) is 2. The summed E-state index contributed by atoms with van der Waals surface area (Å²) in [5, 5.41) is 0. The molecule has 1 aliphatic heterocycles. The molecule has 10 nitrogen and oxygen atoms in total. The van der Waals surface area contributed by atoms with E-state index in [0.29, 0.717) is 12.4 Å². The van der Waals surface area contributed by atoms with Gasteiger partial charge in [-0.2, -0.15) is 13.2 Å². The minimum absolute atomic E-state index is 0.0488. The van der Waals surface area contributed by atoms with Crippen LogP contribution in [-0.4, -0.2) is 66.2 Å². The molecule has 270 valence electrons. The number of H-pyrrole nitrogens is 2. The van der Waals surface area contributed by atoms with E-state index in [9.17, 15) is 22.8 Å². The van der Waals surface area contributed by atoms with Crippen molar-refractivity contribution in [1.82, 2.24) is 29.7 Å². The number of imidazole rings is 2. The predicted molar refractivity (Wildman–Crippen MR) is 187 cm³/mol. The van der Waals surface area contributed by atoms with Gasteiger partial charge < -0.3 is 19.4 Å². The first-order chi connectivity index (χ1) is 23.9. The Labute approximate surface area is 295 Å². The van der Waals surface area contributed by atoms with Crippen molar-refractivity contribution in [3.05, 3.63) is 72.1 Å². The van der Waals surface area contributed by atoms with E-state index in [-0.39, 0.29) is 48.7 Å². The number of benzene rings is 2. The highest BCUT2D eigenvalue weighted by Crippen LogP contribution is 2.37. The second-order valence-corrected chi connectivity index (χ2v) is 14.4. The Morgan fingerprint density at radius 2 is 1.51 bits per heavy atom. The first-order valence-corrected chi connectivity index (χ1v) is 16.7. The molecule has 0 saturated carbocycles. The van der Waals surface area contributed by atoms with Gasteiger partial charge in [0.05, 0.1) is 24.5 Å². The van der Waals surface area contributed by atoms with Crippen LogP contribution in [0.2, 0.25) is 0 Å². The zero-order valence-electron chi connectivity index (χ0n) is 29.6. The zero-order valence-corrected chi connectivity index (χ0v) is 29.6. The third-order valence-electron chi connectivity index (χ3n) is 8.03. The lowest BCUT2D eigenvalue weighted by Gasteiger charge is -2.27. The summed E-state index contributed by atoms with van der Waals surface area (Å²) in [6.07, 6.45) is 3.16. The van der Waals surface area contributed by atoms with E-state index >= 15 is 0 Å². The molecule has 0 aliphatic carbocycles. The van der Waals surface area contributed by atoms with Crippen LogP contribution in [0.3, 0.4) is 0 Å². The van der Waals surface area contributed by atoms with E-state index in [2.05, 4.69) is 25.9 Å². The molecule has 51 heavy (non-hydrogen) atoms. The van der Waals surface area contributed by atoms with Crippen molar-refractivity contribution in [2.75, 3.05) is 13.1 Å². The second-order valence-electron chi connectivity index (χ2n) is 14.4. The van der Waals surface area contributed by atoms with Crippen LogP contribution in [0.15, 0.2) is 54.7 Å². The maximum Gasteiger partial charge on any atom is 0.433 e. The Morgan fingerprint density at radius 1 is 0.922 bits per heavy atom. The van der Waals surface area contributed by atoms with Crippen molar-refractivity contribution >= 4 is 12.2 Å². The van der Waals surface area contributed by atoms with Gasteiger partial charge in [-0.25, -0.2) is 19.6 Å². The number of hydrogen-bond acceptors (Lipinski definition) is 6. The van der Waals surface area contributed by atoms with Crippen LogP contribution >= 0.6 is 0 Å². The number of ether oxygens (including phenoxy) is 2. The van der Waals surface area contributed by atoms with Crippen molar-refractivity contribution in [1.29, 1.82) is 0 Å². The number of alkyl halides is 3. The highest BCUT2D eigenvalue weighted by atomic mass is 19.4. The van der Waals surface area contributed by atoms with Crippen LogP contribution < -0.4 is 0 Å². The summed E-state index contributed by atoms with van der Waals surface area (Å²) >= 11 is 0. The summed E-state index contributed by atoms with van der Waals surface area (Å²) < 4.78 is 53.5. The summed E-state index contributed by atoms with van der Waals surface area (Å²) in [6.45, 7) is 11.1. The standard InChI is InChI=1S/C38H43F3N6O4/c1-8-9-20-46(34(48)50-36(2,3)4)23-30-44-31(32(45-30)38(39,40)41)27-18-14-25(15-19-27)24-12-16-26(17-13-24)28-22-42-33(43-28)29-11-10-21-47(29)35(49)51-37(5,6)7/h1,12-19,22,29H,9-11,20-21,23H2,2-7H3,(H,42,43)(H,44,45)/t29-/m0/s1. The smallest absolute Gasteiger partial charge is 0.433 e. The molecule has 2 N–H and O–H groups in total. The molecular weight excluding hydrogens is 661 g/mol. The fourth-order valence-electron chi connectivity index (χ4n) is 5.76. The number of carbonyl (C=O) groups excluding carboxylic acids is 2. The lowest BCUT2D eigenvalue weighted by atomic mass is 10.0. The topological polar surface area (TPSA) is 116 Å². The average Bonchev–Trinajstić information content (AvgIpc) is 3.81. The fourth-order valence-corrected chi connectivity index (χ4v) is 5.76. The van der Waals surface area contributed by atoms with E-state index in [0.717, 1.165) is 35.2 Å². The van der Waals surface area contributed by atoms with E-state index in [1.807, 2.05) is 45.0 Å². The Balaban J connectivity index is 1.32. The second kappa shape index (κ2) is 14.5. The number of amides is 2. The molecule has 2 amide bonds. The Hall–Kier alpha value is -5.25. The summed E-state index contributed by atoms with van der Waals surface area (Å²) in [6, 6.07) is 14.1. The van der Waals surface area contributed by atoms with Gasteiger partial charge in [0, 0.05) is 25.1 Å². The molecule has 0 spiro atoms.